The first-order chi connectivity index (χ1) is 15.2. The largest absolute Gasteiger partial charge is 0.459 e. The molecule has 2 aliphatic rings. The molecule has 0 bridgehead atoms. The van der Waals surface area contributed by atoms with Gasteiger partial charge in [-0.1, -0.05) is 61.0 Å². The van der Waals surface area contributed by atoms with Crippen molar-refractivity contribution in [1.29, 1.82) is 0 Å². The average molecular weight is 415 g/mol. The minimum absolute atomic E-state index is 0.000651. The van der Waals surface area contributed by atoms with Gasteiger partial charge in [0, 0.05) is 24.9 Å². The first-order valence-electron chi connectivity index (χ1n) is 10.9. The maximum absolute atomic E-state index is 13.4. The van der Waals surface area contributed by atoms with Crippen molar-refractivity contribution < 1.29 is 14.0 Å². The minimum Gasteiger partial charge on any atom is -0.459 e. The van der Waals surface area contributed by atoms with Crippen molar-refractivity contribution in [2.75, 3.05) is 6.54 Å². The Bertz CT molecular complexity index is 1070. The molecule has 5 heteroatoms. The van der Waals surface area contributed by atoms with Crippen molar-refractivity contribution in [3.05, 3.63) is 95.4 Å². The van der Waals surface area contributed by atoms with Crippen molar-refractivity contribution >= 4 is 11.8 Å². The van der Waals surface area contributed by atoms with Crippen LogP contribution in [0.5, 0.6) is 0 Å². The lowest BCUT2D eigenvalue weighted by Crippen LogP contribution is -2.55. The second-order valence-electron chi connectivity index (χ2n) is 8.62. The Morgan fingerprint density at radius 1 is 0.968 bits per heavy atom. The van der Waals surface area contributed by atoms with Gasteiger partial charge in [-0.15, -0.1) is 0 Å². The van der Waals surface area contributed by atoms with Gasteiger partial charge in [-0.25, -0.2) is 0 Å². The van der Waals surface area contributed by atoms with E-state index in [2.05, 4.69) is 29.6 Å². The number of nitrogens with zero attached hydrogens (tertiary/aromatic N) is 1. The Hall–Kier alpha value is -3.34. The fraction of sp³-hybridized carbons (Fsp3) is 0.308. The summed E-state index contributed by atoms with van der Waals surface area (Å²) in [5.74, 6) is -0.0883. The summed E-state index contributed by atoms with van der Waals surface area (Å²) in [5.41, 5.74) is 3.47. The molecule has 0 unspecified atom stereocenters. The summed E-state index contributed by atoms with van der Waals surface area (Å²) in [5, 5.41) is 3.19. The zero-order chi connectivity index (χ0) is 21.3. The van der Waals surface area contributed by atoms with Crippen LogP contribution in [0.15, 0.2) is 77.4 Å². The molecule has 5 rings (SSSR count). The molecule has 1 N–H and O–H groups in total. The SMILES string of the molecule is O=C(NCC1(c2ccccc2)CCC1)[C@H]1Cc2ccccc2CN1C(=O)c1ccco1. The van der Waals surface area contributed by atoms with Crippen molar-refractivity contribution in [2.45, 2.75) is 43.7 Å². The maximum Gasteiger partial charge on any atom is 0.290 e. The van der Waals surface area contributed by atoms with Crippen molar-refractivity contribution in [3.8, 4) is 0 Å². The Kier molecular flexibility index (Phi) is 5.10. The predicted molar refractivity (Wildman–Crippen MR) is 117 cm³/mol. The monoisotopic (exact) mass is 414 g/mol. The van der Waals surface area contributed by atoms with Gasteiger partial charge in [0.2, 0.25) is 5.91 Å². The van der Waals surface area contributed by atoms with Crippen LogP contribution in [0.1, 0.15) is 46.5 Å². The fourth-order valence-electron chi connectivity index (χ4n) is 4.85. The van der Waals surface area contributed by atoms with Crippen LogP contribution in [0.4, 0.5) is 0 Å². The third-order valence-electron chi connectivity index (χ3n) is 6.84. The number of hydrogen-bond acceptors (Lipinski definition) is 3. The van der Waals surface area contributed by atoms with Crippen molar-refractivity contribution in [2.24, 2.45) is 0 Å². The van der Waals surface area contributed by atoms with Crippen molar-refractivity contribution in [3.63, 3.8) is 0 Å². The van der Waals surface area contributed by atoms with E-state index in [0.717, 1.165) is 24.0 Å². The molecule has 5 nitrogen and oxygen atoms in total. The van der Waals surface area contributed by atoms with E-state index in [9.17, 15) is 9.59 Å². The smallest absolute Gasteiger partial charge is 0.290 e. The number of hydrogen-bond donors (Lipinski definition) is 1. The molecule has 2 amide bonds. The lowest BCUT2D eigenvalue weighted by Gasteiger charge is -2.43. The lowest BCUT2D eigenvalue weighted by molar-refractivity contribution is -0.126. The Morgan fingerprint density at radius 2 is 1.71 bits per heavy atom. The van der Waals surface area contributed by atoms with Gasteiger partial charge in [-0.2, -0.15) is 0 Å². The molecule has 1 fully saturated rings. The third kappa shape index (κ3) is 3.65. The quantitative estimate of drug-likeness (QED) is 0.684. The van der Waals surface area contributed by atoms with Crippen LogP contribution >= 0.6 is 0 Å². The number of furan rings is 1. The molecular weight excluding hydrogens is 388 g/mol. The van der Waals surface area contributed by atoms with Crippen LogP contribution in [0.2, 0.25) is 0 Å². The van der Waals surface area contributed by atoms with E-state index >= 15 is 0 Å². The van der Waals surface area contributed by atoms with Gasteiger partial charge in [0.15, 0.2) is 5.76 Å². The van der Waals surface area contributed by atoms with Crippen LogP contribution in [-0.4, -0.2) is 29.3 Å². The minimum atomic E-state index is -0.555. The van der Waals surface area contributed by atoms with Gasteiger partial charge in [0.05, 0.1) is 6.26 Å². The predicted octanol–water partition coefficient (Wildman–Crippen LogP) is 4.08. The molecule has 158 valence electrons. The third-order valence-corrected chi connectivity index (χ3v) is 6.84. The summed E-state index contributed by atoms with van der Waals surface area (Å²) in [6, 6.07) is 21.2. The van der Waals surface area contributed by atoms with Gasteiger partial charge >= 0.3 is 0 Å². The molecule has 2 aromatic carbocycles. The lowest BCUT2D eigenvalue weighted by atomic mass is 9.64. The summed E-state index contributed by atoms with van der Waals surface area (Å²) in [6.07, 6.45) is 5.30. The van der Waals surface area contributed by atoms with Crippen LogP contribution in [0.3, 0.4) is 0 Å². The van der Waals surface area contributed by atoms with E-state index in [4.69, 9.17) is 4.42 Å². The van der Waals surface area contributed by atoms with Gasteiger partial charge < -0.3 is 14.6 Å². The first-order valence-corrected chi connectivity index (χ1v) is 10.9. The van der Waals surface area contributed by atoms with E-state index in [1.54, 1.807) is 17.0 Å². The summed E-state index contributed by atoms with van der Waals surface area (Å²) < 4.78 is 5.34. The number of rotatable bonds is 5. The normalized spacial score (nSPS) is 19.2. The standard InChI is InChI=1S/C26H26N2O3/c29-24(27-18-26(13-7-14-26)21-10-2-1-3-11-21)22-16-19-8-4-5-9-20(19)17-28(22)25(30)23-12-6-15-31-23/h1-6,8-12,15,22H,7,13-14,16-18H2,(H,27,29)/t22-/m1/s1. The Balaban J connectivity index is 1.37. The summed E-state index contributed by atoms with van der Waals surface area (Å²) in [6.45, 7) is 0.994. The Morgan fingerprint density at radius 3 is 2.39 bits per heavy atom. The van der Waals surface area contributed by atoms with E-state index in [1.807, 2.05) is 30.3 Å². The fourth-order valence-corrected chi connectivity index (χ4v) is 4.85. The number of carbonyl (C=O) groups excluding carboxylic acids is 2. The highest BCUT2D eigenvalue weighted by atomic mass is 16.3. The van der Waals surface area contributed by atoms with E-state index in [-0.39, 0.29) is 23.0 Å². The molecule has 1 aromatic heterocycles. The van der Waals surface area contributed by atoms with E-state index < -0.39 is 6.04 Å². The van der Waals surface area contributed by atoms with E-state index in [0.29, 0.717) is 19.5 Å². The molecule has 1 atom stereocenters. The zero-order valence-electron chi connectivity index (χ0n) is 17.4. The molecule has 1 aliphatic heterocycles. The zero-order valence-corrected chi connectivity index (χ0v) is 17.4. The number of amides is 2. The number of nitrogens with one attached hydrogen (secondary N) is 1. The molecular formula is C26H26N2O3. The van der Waals surface area contributed by atoms with Gasteiger partial charge in [-0.3, -0.25) is 9.59 Å². The van der Waals surface area contributed by atoms with Crippen LogP contribution in [-0.2, 0) is 23.2 Å². The van der Waals surface area contributed by atoms with Gasteiger partial charge in [0.1, 0.15) is 6.04 Å². The van der Waals surface area contributed by atoms with Crippen LogP contribution in [0.25, 0.3) is 0 Å². The molecule has 1 aliphatic carbocycles. The van der Waals surface area contributed by atoms with Crippen LogP contribution < -0.4 is 5.32 Å². The highest BCUT2D eigenvalue weighted by Gasteiger charge is 2.41. The molecule has 1 saturated carbocycles. The second kappa shape index (κ2) is 8.06. The van der Waals surface area contributed by atoms with E-state index in [1.165, 1.54) is 18.2 Å². The van der Waals surface area contributed by atoms with Crippen molar-refractivity contribution in [1.82, 2.24) is 10.2 Å². The first kappa shape index (κ1) is 19.6. The highest BCUT2D eigenvalue weighted by molar-refractivity contribution is 5.96. The summed E-state index contributed by atoms with van der Waals surface area (Å²) >= 11 is 0. The number of carbonyl (C=O) groups is 2. The second-order valence-corrected chi connectivity index (χ2v) is 8.62. The molecule has 0 saturated heterocycles. The maximum atomic E-state index is 13.4. The summed E-state index contributed by atoms with van der Waals surface area (Å²) in [4.78, 5) is 28.1. The Labute approximate surface area is 182 Å². The molecule has 3 aromatic rings. The molecule has 0 spiro atoms. The number of fused-ring (bicyclic) bond motifs is 1. The summed E-state index contributed by atoms with van der Waals surface area (Å²) in [7, 11) is 0. The molecule has 31 heavy (non-hydrogen) atoms. The molecule has 0 radical (unpaired) electrons. The molecule has 2 heterocycles. The van der Waals surface area contributed by atoms with Gasteiger partial charge in [0.25, 0.3) is 5.91 Å². The van der Waals surface area contributed by atoms with Gasteiger partial charge in [-0.05, 0) is 41.7 Å². The number of benzene rings is 2. The highest BCUT2D eigenvalue weighted by Crippen LogP contribution is 2.43. The average Bonchev–Trinajstić information content (AvgIpc) is 3.32. The topological polar surface area (TPSA) is 62.6 Å². The van der Waals surface area contributed by atoms with Crippen LogP contribution in [0, 0.1) is 0 Å².